The first-order valence-corrected chi connectivity index (χ1v) is 6.57. The fraction of sp³-hybridized carbons (Fsp3) is 0.533. The normalized spacial score (nSPS) is 18.4. The molecule has 1 saturated heterocycles. The van der Waals surface area contributed by atoms with E-state index in [-0.39, 0.29) is 6.04 Å². The summed E-state index contributed by atoms with van der Waals surface area (Å²) in [7, 11) is 0. The number of aryl methyl sites for hydroxylation is 2. The highest BCUT2D eigenvalue weighted by atomic mass is 15.3. The summed E-state index contributed by atoms with van der Waals surface area (Å²) in [5.41, 5.74) is 3.95. The standard InChI is InChI=1S/C15H21N3/c1-12-8-13(2)10-15(9-12)18-6-4-17(5-7-18)14(3)11-16/h8-10,14H,4-7H2,1-3H3. The molecule has 0 spiro atoms. The van der Waals surface area contributed by atoms with Crippen LogP contribution in [0.5, 0.6) is 0 Å². The van der Waals surface area contributed by atoms with Gasteiger partial charge in [0.05, 0.1) is 12.1 Å². The third kappa shape index (κ3) is 2.83. The Morgan fingerprint density at radius 1 is 1.06 bits per heavy atom. The van der Waals surface area contributed by atoms with Crippen LogP contribution in [0.1, 0.15) is 18.1 Å². The average Bonchev–Trinajstić information content (AvgIpc) is 2.37. The molecule has 1 aliphatic rings. The first-order chi connectivity index (χ1) is 8.60. The second-order valence-corrected chi connectivity index (χ2v) is 5.17. The number of nitrogens with zero attached hydrogens (tertiary/aromatic N) is 3. The Balaban J connectivity index is 2.03. The lowest BCUT2D eigenvalue weighted by Gasteiger charge is -2.37. The average molecular weight is 243 g/mol. The molecule has 96 valence electrons. The van der Waals surface area contributed by atoms with Crippen LogP contribution < -0.4 is 4.90 Å². The summed E-state index contributed by atoms with van der Waals surface area (Å²) in [5.74, 6) is 0. The van der Waals surface area contributed by atoms with Crippen molar-refractivity contribution in [3.8, 4) is 6.07 Å². The number of hydrogen-bond acceptors (Lipinski definition) is 3. The number of piperazine rings is 1. The number of rotatable bonds is 2. The van der Waals surface area contributed by atoms with E-state index in [1.54, 1.807) is 0 Å². The molecule has 2 rings (SSSR count). The van der Waals surface area contributed by atoms with Crippen molar-refractivity contribution in [2.75, 3.05) is 31.1 Å². The van der Waals surface area contributed by atoms with Crippen molar-refractivity contribution in [1.29, 1.82) is 5.26 Å². The van der Waals surface area contributed by atoms with Crippen LogP contribution in [0.3, 0.4) is 0 Å². The van der Waals surface area contributed by atoms with Gasteiger partial charge in [-0.1, -0.05) is 6.07 Å². The van der Waals surface area contributed by atoms with E-state index < -0.39 is 0 Å². The van der Waals surface area contributed by atoms with Crippen LogP contribution in [0.2, 0.25) is 0 Å². The van der Waals surface area contributed by atoms with Gasteiger partial charge in [-0.25, -0.2) is 0 Å². The van der Waals surface area contributed by atoms with Crippen molar-refractivity contribution in [3.05, 3.63) is 29.3 Å². The van der Waals surface area contributed by atoms with Gasteiger partial charge in [-0.2, -0.15) is 5.26 Å². The van der Waals surface area contributed by atoms with Crippen molar-refractivity contribution >= 4 is 5.69 Å². The second-order valence-electron chi connectivity index (χ2n) is 5.17. The van der Waals surface area contributed by atoms with Gasteiger partial charge in [0.1, 0.15) is 0 Å². The number of benzene rings is 1. The van der Waals surface area contributed by atoms with E-state index in [0.717, 1.165) is 26.2 Å². The predicted molar refractivity (Wildman–Crippen MR) is 74.8 cm³/mol. The summed E-state index contributed by atoms with van der Waals surface area (Å²) in [6, 6.07) is 9.05. The topological polar surface area (TPSA) is 30.3 Å². The van der Waals surface area contributed by atoms with Crippen molar-refractivity contribution in [3.63, 3.8) is 0 Å². The van der Waals surface area contributed by atoms with Crippen molar-refractivity contribution in [1.82, 2.24) is 4.90 Å². The molecule has 3 heteroatoms. The molecule has 0 N–H and O–H groups in total. The zero-order valence-electron chi connectivity index (χ0n) is 11.5. The number of nitriles is 1. The van der Waals surface area contributed by atoms with Gasteiger partial charge in [0.15, 0.2) is 0 Å². The fourth-order valence-electron chi connectivity index (χ4n) is 2.58. The molecule has 1 fully saturated rings. The first-order valence-electron chi connectivity index (χ1n) is 6.57. The van der Waals surface area contributed by atoms with Gasteiger partial charge in [0.2, 0.25) is 0 Å². The van der Waals surface area contributed by atoms with Crippen LogP contribution in [-0.4, -0.2) is 37.1 Å². The molecule has 0 radical (unpaired) electrons. The molecule has 1 aromatic rings. The van der Waals surface area contributed by atoms with Crippen molar-refractivity contribution in [2.45, 2.75) is 26.8 Å². The summed E-state index contributed by atoms with van der Waals surface area (Å²) in [6.07, 6.45) is 0. The monoisotopic (exact) mass is 243 g/mol. The second kappa shape index (κ2) is 5.41. The molecule has 0 aliphatic carbocycles. The highest BCUT2D eigenvalue weighted by molar-refractivity contribution is 5.51. The lowest BCUT2D eigenvalue weighted by molar-refractivity contribution is 0.231. The van der Waals surface area contributed by atoms with Crippen LogP contribution in [-0.2, 0) is 0 Å². The Morgan fingerprint density at radius 2 is 1.61 bits per heavy atom. The third-order valence-corrected chi connectivity index (χ3v) is 3.62. The maximum atomic E-state index is 8.94. The van der Waals surface area contributed by atoms with Crippen molar-refractivity contribution < 1.29 is 0 Å². The Morgan fingerprint density at radius 3 is 2.11 bits per heavy atom. The van der Waals surface area contributed by atoms with Gasteiger partial charge < -0.3 is 4.90 Å². The fourth-order valence-corrected chi connectivity index (χ4v) is 2.58. The third-order valence-electron chi connectivity index (χ3n) is 3.62. The predicted octanol–water partition coefficient (Wildman–Crippen LogP) is 2.34. The van der Waals surface area contributed by atoms with E-state index in [0.29, 0.717) is 0 Å². The molecule has 3 nitrogen and oxygen atoms in total. The number of hydrogen-bond donors (Lipinski definition) is 0. The summed E-state index contributed by atoms with van der Waals surface area (Å²) in [6.45, 7) is 10.2. The van der Waals surface area contributed by atoms with Gasteiger partial charge >= 0.3 is 0 Å². The minimum atomic E-state index is 0.0337. The molecular weight excluding hydrogens is 222 g/mol. The molecule has 1 unspecified atom stereocenters. The molecule has 1 atom stereocenters. The van der Waals surface area contributed by atoms with Crippen molar-refractivity contribution in [2.24, 2.45) is 0 Å². The summed E-state index contributed by atoms with van der Waals surface area (Å²) in [5, 5.41) is 8.94. The van der Waals surface area contributed by atoms with Crippen LogP contribution in [0.15, 0.2) is 18.2 Å². The molecule has 0 saturated carbocycles. The van der Waals surface area contributed by atoms with Gasteiger partial charge in [-0.3, -0.25) is 4.90 Å². The van der Waals surface area contributed by atoms with Crippen LogP contribution >= 0.6 is 0 Å². The lowest BCUT2D eigenvalue weighted by Crippen LogP contribution is -2.49. The summed E-state index contributed by atoms with van der Waals surface area (Å²) >= 11 is 0. The Labute approximate surface area is 110 Å². The molecule has 1 aliphatic heterocycles. The van der Waals surface area contributed by atoms with E-state index >= 15 is 0 Å². The lowest BCUT2D eigenvalue weighted by atomic mass is 10.1. The van der Waals surface area contributed by atoms with Crippen LogP contribution in [0, 0.1) is 25.2 Å². The van der Waals surface area contributed by atoms with Crippen LogP contribution in [0.25, 0.3) is 0 Å². The van der Waals surface area contributed by atoms with Gasteiger partial charge in [0, 0.05) is 31.9 Å². The minimum absolute atomic E-state index is 0.0337. The molecule has 0 aromatic heterocycles. The first kappa shape index (κ1) is 12.9. The molecule has 1 heterocycles. The zero-order chi connectivity index (χ0) is 13.1. The van der Waals surface area contributed by atoms with Gasteiger partial charge in [-0.15, -0.1) is 0 Å². The Kier molecular flexibility index (Phi) is 3.88. The summed E-state index contributed by atoms with van der Waals surface area (Å²) in [4.78, 5) is 4.67. The van der Waals surface area contributed by atoms with Gasteiger partial charge in [0.25, 0.3) is 0 Å². The SMILES string of the molecule is Cc1cc(C)cc(N2CCN(C(C)C#N)CC2)c1. The molecule has 18 heavy (non-hydrogen) atoms. The zero-order valence-corrected chi connectivity index (χ0v) is 11.5. The maximum Gasteiger partial charge on any atom is 0.0950 e. The Bertz CT molecular complexity index is 433. The Hall–Kier alpha value is -1.53. The van der Waals surface area contributed by atoms with Gasteiger partial charge in [-0.05, 0) is 44.0 Å². The quantitative estimate of drug-likeness (QED) is 0.798. The van der Waals surface area contributed by atoms with E-state index in [4.69, 9.17) is 5.26 Å². The minimum Gasteiger partial charge on any atom is -0.369 e. The molecule has 1 aromatic carbocycles. The van der Waals surface area contributed by atoms with E-state index in [9.17, 15) is 0 Å². The molecular formula is C15H21N3. The summed E-state index contributed by atoms with van der Waals surface area (Å²) < 4.78 is 0. The van der Waals surface area contributed by atoms with E-state index in [2.05, 4.69) is 47.9 Å². The van der Waals surface area contributed by atoms with E-state index in [1.165, 1.54) is 16.8 Å². The highest BCUT2D eigenvalue weighted by Crippen LogP contribution is 2.20. The highest BCUT2D eigenvalue weighted by Gasteiger charge is 2.20. The largest absolute Gasteiger partial charge is 0.369 e. The smallest absolute Gasteiger partial charge is 0.0950 e. The van der Waals surface area contributed by atoms with E-state index in [1.807, 2.05) is 6.92 Å². The van der Waals surface area contributed by atoms with Crippen LogP contribution in [0.4, 0.5) is 5.69 Å². The number of anilines is 1. The molecule has 0 bridgehead atoms. The molecule has 0 amide bonds. The maximum absolute atomic E-state index is 8.94.